The quantitative estimate of drug-likeness (QED) is 0.663. The molecule has 1 saturated carbocycles. The van der Waals surface area contributed by atoms with E-state index in [1.165, 1.54) is 37.3 Å². The third kappa shape index (κ3) is 1.89. The standard InChI is InChI=1S/C8H15NS/c1-2-7(1)3-4-9-8-5-10-6-8/h7-9H,1-6H2. The molecule has 0 spiro atoms. The molecular weight excluding hydrogens is 142 g/mol. The van der Waals surface area contributed by atoms with E-state index in [2.05, 4.69) is 17.1 Å². The molecule has 0 atom stereocenters. The fourth-order valence-electron chi connectivity index (χ4n) is 1.25. The minimum absolute atomic E-state index is 0.865. The van der Waals surface area contributed by atoms with E-state index in [0.29, 0.717) is 0 Å². The lowest BCUT2D eigenvalue weighted by molar-refractivity contribution is 0.546. The summed E-state index contributed by atoms with van der Waals surface area (Å²) in [6, 6.07) is 0.865. The van der Waals surface area contributed by atoms with E-state index in [0.717, 1.165) is 12.0 Å². The molecule has 58 valence electrons. The van der Waals surface area contributed by atoms with Gasteiger partial charge in [0, 0.05) is 17.5 Å². The molecule has 0 amide bonds. The number of thioether (sulfide) groups is 1. The van der Waals surface area contributed by atoms with Crippen LogP contribution in [0.25, 0.3) is 0 Å². The predicted octanol–water partition coefficient (Wildman–Crippen LogP) is 1.49. The van der Waals surface area contributed by atoms with Crippen molar-refractivity contribution < 1.29 is 0 Å². The largest absolute Gasteiger partial charge is 0.312 e. The van der Waals surface area contributed by atoms with Crippen molar-refractivity contribution in [3.05, 3.63) is 0 Å². The van der Waals surface area contributed by atoms with Crippen molar-refractivity contribution in [1.29, 1.82) is 0 Å². The first-order valence-electron chi connectivity index (χ1n) is 4.26. The fraction of sp³-hybridized carbons (Fsp3) is 1.00. The molecule has 0 unspecified atom stereocenters. The van der Waals surface area contributed by atoms with Gasteiger partial charge in [0.25, 0.3) is 0 Å². The molecule has 0 aromatic carbocycles. The summed E-state index contributed by atoms with van der Waals surface area (Å²) in [6.45, 7) is 1.27. The van der Waals surface area contributed by atoms with Crippen LogP contribution in [0.3, 0.4) is 0 Å². The second-order valence-electron chi connectivity index (χ2n) is 3.42. The van der Waals surface area contributed by atoms with E-state index in [-0.39, 0.29) is 0 Å². The third-order valence-corrected chi connectivity index (χ3v) is 3.60. The first-order chi connectivity index (χ1) is 4.95. The second kappa shape index (κ2) is 3.14. The van der Waals surface area contributed by atoms with Crippen molar-refractivity contribution in [2.75, 3.05) is 18.1 Å². The number of nitrogens with one attached hydrogen (secondary N) is 1. The first kappa shape index (κ1) is 6.99. The monoisotopic (exact) mass is 157 g/mol. The highest BCUT2D eigenvalue weighted by Crippen LogP contribution is 2.31. The Morgan fingerprint density at radius 1 is 1.30 bits per heavy atom. The summed E-state index contributed by atoms with van der Waals surface area (Å²) < 4.78 is 0. The molecule has 1 nitrogen and oxygen atoms in total. The molecule has 1 aliphatic heterocycles. The molecule has 2 aliphatic rings. The maximum absolute atomic E-state index is 3.57. The van der Waals surface area contributed by atoms with Gasteiger partial charge in [0.15, 0.2) is 0 Å². The highest BCUT2D eigenvalue weighted by molar-refractivity contribution is 8.00. The van der Waals surface area contributed by atoms with Crippen molar-refractivity contribution in [3.63, 3.8) is 0 Å². The van der Waals surface area contributed by atoms with E-state index in [1.54, 1.807) is 0 Å². The van der Waals surface area contributed by atoms with Crippen LogP contribution in [0.4, 0.5) is 0 Å². The number of hydrogen-bond acceptors (Lipinski definition) is 2. The summed E-state index contributed by atoms with van der Waals surface area (Å²) in [5.41, 5.74) is 0. The van der Waals surface area contributed by atoms with Gasteiger partial charge >= 0.3 is 0 Å². The number of hydrogen-bond donors (Lipinski definition) is 1. The molecule has 0 radical (unpaired) electrons. The minimum atomic E-state index is 0.865. The van der Waals surface area contributed by atoms with Crippen LogP contribution in [0.15, 0.2) is 0 Å². The van der Waals surface area contributed by atoms with Gasteiger partial charge in [-0.25, -0.2) is 0 Å². The van der Waals surface area contributed by atoms with Crippen LogP contribution in [0.5, 0.6) is 0 Å². The molecule has 2 heteroatoms. The molecule has 0 aromatic heterocycles. The summed E-state index contributed by atoms with van der Waals surface area (Å²) in [5.74, 6) is 3.80. The van der Waals surface area contributed by atoms with Crippen molar-refractivity contribution in [2.24, 2.45) is 5.92 Å². The molecule has 0 aromatic rings. The zero-order valence-electron chi connectivity index (χ0n) is 6.31. The van der Waals surface area contributed by atoms with E-state index in [1.807, 2.05) is 0 Å². The molecule has 1 N–H and O–H groups in total. The summed E-state index contributed by atoms with van der Waals surface area (Å²) in [6.07, 6.45) is 4.43. The Balaban J connectivity index is 1.46. The summed E-state index contributed by atoms with van der Waals surface area (Å²) in [5, 5.41) is 3.57. The Hall–Kier alpha value is 0.310. The molecule has 2 rings (SSSR count). The highest BCUT2D eigenvalue weighted by atomic mass is 32.2. The van der Waals surface area contributed by atoms with E-state index >= 15 is 0 Å². The molecule has 1 heterocycles. The Kier molecular flexibility index (Phi) is 2.19. The zero-order valence-corrected chi connectivity index (χ0v) is 7.12. The van der Waals surface area contributed by atoms with Crippen LogP contribution >= 0.6 is 11.8 Å². The van der Waals surface area contributed by atoms with Crippen molar-refractivity contribution >= 4 is 11.8 Å². The highest BCUT2D eigenvalue weighted by Gasteiger charge is 2.22. The van der Waals surface area contributed by atoms with Crippen LogP contribution in [-0.4, -0.2) is 24.1 Å². The second-order valence-corrected chi connectivity index (χ2v) is 4.50. The fourth-order valence-corrected chi connectivity index (χ4v) is 1.96. The van der Waals surface area contributed by atoms with Crippen LogP contribution in [0, 0.1) is 5.92 Å². The SMILES string of the molecule is C(CC1CC1)NC1CSC1. The van der Waals surface area contributed by atoms with Gasteiger partial charge in [0.2, 0.25) is 0 Å². The summed E-state index contributed by atoms with van der Waals surface area (Å²) in [4.78, 5) is 0. The summed E-state index contributed by atoms with van der Waals surface area (Å²) in [7, 11) is 0. The maximum atomic E-state index is 3.57. The van der Waals surface area contributed by atoms with Gasteiger partial charge in [-0.2, -0.15) is 11.8 Å². The van der Waals surface area contributed by atoms with Gasteiger partial charge in [-0.1, -0.05) is 12.8 Å². The van der Waals surface area contributed by atoms with E-state index in [9.17, 15) is 0 Å². The molecule has 1 saturated heterocycles. The molecule has 10 heavy (non-hydrogen) atoms. The lowest BCUT2D eigenvalue weighted by atomic mass is 10.3. The molecular formula is C8H15NS. The molecule has 2 fully saturated rings. The zero-order chi connectivity index (χ0) is 6.81. The Labute approximate surface area is 67.0 Å². The molecule has 0 bridgehead atoms. The topological polar surface area (TPSA) is 12.0 Å². The maximum Gasteiger partial charge on any atom is 0.0248 e. The normalized spacial score (nSPS) is 26.4. The lowest BCUT2D eigenvalue weighted by Gasteiger charge is -2.25. The van der Waals surface area contributed by atoms with Gasteiger partial charge in [0.05, 0.1) is 0 Å². The predicted molar refractivity (Wildman–Crippen MR) is 46.5 cm³/mol. The lowest BCUT2D eigenvalue weighted by Crippen LogP contribution is -2.40. The Morgan fingerprint density at radius 3 is 2.60 bits per heavy atom. The average molecular weight is 157 g/mol. The molecule has 1 aliphatic carbocycles. The average Bonchev–Trinajstić information content (AvgIpc) is 2.58. The number of rotatable bonds is 4. The first-order valence-corrected chi connectivity index (χ1v) is 5.42. The van der Waals surface area contributed by atoms with Crippen LogP contribution in [0.1, 0.15) is 19.3 Å². The van der Waals surface area contributed by atoms with Gasteiger partial charge in [-0.15, -0.1) is 0 Å². The van der Waals surface area contributed by atoms with Gasteiger partial charge in [0.1, 0.15) is 0 Å². The van der Waals surface area contributed by atoms with Crippen LogP contribution in [-0.2, 0) is 0 Å². The van der Waals surface area contributed by atoms with E-state index in [4.69, 9.17) is 0 Å². The van der Waals surface area contributed by atoms with Crippen LogP contribution < -0.4 is 5.32 Å². The Morgan fingerprint density at radius 2 is 2.10 bits per heavy atom. The smallest absolute Gasteiger partial charge is 0.0248 e. The van der Waals surface area contributed by atoms with Crippen molar-refractivity contribution in [1.82, 2.24) is 5.32 Å². The van der Waals surface area contributed by atoms with Gasteiger partial charge < -0.3 is 5.32 Å². The van der Waals surface area contributed by atoms with Gasteiger partial charge in [-0.3, -0.25) is 0 Å². The summed E-state index contributed by atoms with van der Waals surface area (Å²) >= 11 is 2.06. The Bertz CT molecular complexity index is 108. The third-order valence-electron chi connectivity index (χ3n) is 2.32. The van der Waals surface area contributed by atoms with Crippen molar-refractivity contribution in [3.8, 4) is 0 Å². The van der Waals surface area contributed by atoms with Crippen LogP contribution in [0.2, 0.25) is 0 Å². The van der Waals surface area contributed by atoms with Gasteiger partial charge in [-0.05, 0) is 18.9 Å². The minimum Gasteiger partial charge on any atom is -0.312 e. The van der Waals surface area contributed by atoms with E-state index < -0.39 is 0 Å². The van der Waals surface area contributed by atoms with Crippen molar-refractivity contribution in [2.45, 2.75) is 25.3 Å².